The van der Waals surface area contributed by atoms with Crippen LogP contribution in [0.4, 0.5) is 0 Å². The number of nitrogens with zero attached hydrogens (tertiary/aromatic N) is 7. The van der Waals surface area contributed by atoms with E-state index in [4.69, 9.17) is 29.9 Å². The third-order valence-electron chi connectivity index (χ3n) is 32.6. The normalized spacial score (nSPS) is 14.7. The monoisotopic (exact) mass is 1880 g/mol. The lowest BCUT2D eigenvalue weighted by Crippen LogP contribution is -2.43. The summed E-state index contributed by atoms with van der Waals surface area (Å²) in [5.41, 5.74) is 33.0. The SMILES string of the molecule is CC1(C)c2cc(-c3ccc(-c4nc(-c5ccccc5)nc(-c5ccccc5)n4)cc3)ccc2-c2ccc3sc4ccccc4c3c2C1(C)C.CC1(C)c2cc(-c3ccc(-n4c5ccccc5c5ccccc54)cc3)ccc2-c2c(ccc3sc4ccccc4c23)C1(C)C.CC1(C)c2ccc(-c3cccc(-c4nc(-c5ccccc5)nc(-c5ccccc5)n4)c3)cc2-c2cc3sc4ccccc4c3cc2C1(C)C. The second kappa shape index (κ2) is 33.6. The van der Waals surface area contributed by atoms with E-state index in [1.165, 1.54) is 183 Å². The van der Waals surface area contributed by atoms with Crippen LogP contribution in [0.2, 0.25) is 0 Å². The van der Waals surface area contributed by atoms with Gasteiger partial charge in [0.1, 0.15) is 0 Å². The average Bonchev–Trinajstić information content (AvgIpc) is 1.28. The third-order valence-corrected chi connectivity index (χ3v) is 36.0. The summed E-state index contributed by atoms with van der Waals surface area (Å²) in [5, 5.41) is 10.9. The van der Waals surface area contributed by atoms with Crippen LogP contribution >= 0.6 is 34.0 Å². The van der Waals surface area contributed by atoms with E-state index >= 15 is 0 Å². The largest absolute Gasteiger partial charge is 0.309 e. The number of para-hydroxylation sites is 2. The first kappa shape index (κ1) is 87.9. The van der Waals surface area contributed by atoms with Crippen LogP contribution in [0.15, 0.2) is 406 Å². The summed E-state index contributed by atoms with van der Waals surface area (Å²) in [6, 6.07) is 147. The summed E-state index contributed by atoms with van der Waals surface area (Å²) in [7, 11) is 0. The average molecular weight is 1880 g/mol. The van der Waals surface area contributed by atoms with Crippen molar-refractivity contribution in [1.29, 1.82) is 0 Å². The van der Waals surface area contributed by atoms with Crippen molar-refractivity contribution in [1.82, 2.24) is 34.5 Å². The zero-order chi connectivity index (χ0) is 96.5. The van der Waals surface area contributed by atoms with Crippen LogP contribution < -0.4 is 0 Å². The molecule has 0 saturated carbocycles. The molecule has 0 atom stereocenters. The maximum atomic E-state index is 4.99. The van der Waals surface area contributed by atoms with Crippen LogP contribution in [0.3, 0.4) is 0 Å². The van der Waals surface area contributed by atoms with E-state index in [1.54, 1.807) is 0 Å². The van der Waals surface area contributed by atoms with E-state index in [0.29, 0.717) is 34.9 Å². The highest BCUT2D eigenvalue weighted by Crippen LogP contribution is 2.62. The summed E-state index contributed by atoms with van der Waals surface area (Å²) >= 11 is 5.70. The molecule has 0 N–H and O–H groups in total. The molecule has 3 aliphatic carbocycles. The maximum Gasteiger partial charge on any atom is 0.164 e. The zero-order valence-corrected chi connectivity index (χ0v) is 84.0. The van der Waals surface area contributed by atoms with Gasteiger partial charge in [-0.05, 0) is 218 Å². The van der Waals surface area contributed by atoms with Gasteiger partial charge in [0.05, 0.1) is 11.0 Å². The first-order valence-corrected chi connectivity index (χ1v) is 51.7. The number of rotatable bonds is 10. The van der Waals surface area contributed by atoms with Crippen LogP contribution in [-0.2, 0) is 32.5 Å². The number of hydrogen-bond donors (Lipinski definition) is 0. The van der Waals surface area contributed by atoms with Crippen molar-refractivity contribution < 1.29 is 0 Å². The van der Waals surface area contributed by atoms with Crippen LogP contribution in [0, 0.1) is 0 Å². The molecule has 3 aliphatic rings. The molecule has 0 amide bonds. The summed E-state index contributed by atoms with van der Waals surface area (Å²) in [6.45, 7) is 29.1. The van der Waals surface area contributed by atoms with Crippen molar-refractivity contribution in [3.63, 3.8) is 0 Å². The predicted molar refractivity (Wildman–Crippen MR) is 602 cm³/mol. The molecule has 27 rings (SSSR count). The Hall–Kier alpha value is -15.6. The fourth-order valence-electron chi connectivity index (χ4n) is 22.8. The maximum absolute atomic E-state index is 4.99. The van der Waals surface area contributed by atoms with Gasteiger partial charge in [-0.1, -0.05) is 399 Å². The van der Waals surface area contributed by atoms with Gasteiger partial charge in [0, 0.05) is 116 Å². The smallest absolute Gasteiger partial charge is 0.164 e. The lowest BCUT2D eigenvalue weighted by atomic mass is 9.54. The quantitative estimate of drug-likeness (QED) is 0.136. The fraction of sp³-hybridized carbons (Fsp3) is 0.136. The highest BCUT2D eigenvalue weighted by molar-refractivity contribution is 7.26. The number of aromatic nitrogens is 7. The molecule has 0 bridgehead atoms. The number of thiophene rings is 3. The molecule has 7 nitrogen and oxygen atoms in total. The molecule has 6 aromatic heterocycles. The third kappa shape index (κ3) is 14.2. The van der Waals surface area contributed by atoms with E-state index < -0.39 is 0 Å². The first-order chi connectivity index (χ1) is 68.9. The molecule has 10 heteroatoms. The van der Waals surface area contributed by atoms with Crippen molar-refractivity contribution in [3.05, 3.63) is 440 Å². The summed E-state index contributed by atoms with van der Waals surface area (Å²) < 4.78 is 10.5. The van der Waals surface area contributed by atoms with Gasteiger partial charge in [-0.2, -0.15) is 0 Å². The second-order valence-corrected chi connectivity index (χ2v) is 44.8. The molecule has 24 aromatic rings. The van der Waals surface area contributed by atoms with E-state index in [2.05, 4.69) is 373 Å². The molecular formula is C132H103N7S3. The van der Waals surface area contributed by atoms with Gasteiger partial charge in [-0.3, -0.25) is 0 Å². The standard InChI is InChI=1S/2C45H35N3S.C42H33NS/c1-44(2)37-23-22-31(25-34(37)35-27-40-36(26-38(35)45(44,3)4)33-20-11-12-21-39(33)49-40)30-18-13-19-32(24-30)43-47-41(28-14-7-5-8-15-28)46-42(48-43)29-16-9-6-10-17-29;1-44(2)36-27-32(23-24-33(36)34-25-26-38-39(40(34)45(44,3)4)35-17-11-12-18-37(35)49-38)28-19-21-31(22-20-28)43-47-41(29-13-7-5-8-14-29)46-42(48-43)30-15-9-6-10-16-30;1-41(2)33-23-24-38-40(32-13-7-10-16-37(32)44-38)39(33)31-22-19-27(25-34(31)42(41,3)4)26-17-20-28(21-18-26)43-35-14-8-5-11-29(35)30-12-6-9-15-36(30)43/h2*5-27H,1-4H3;5-25H,1-4H3. The number of benzene rings is 18. The lowest BCUT2D eigenvalue weighted by Gasteiger charge is -2.49. The molecule has 0 unspecified atom stereocenters. The molecule has 684 valence electrons. The van der Waals surface area contributed by atoms with Gasteiger partial charge in [0.15, 0.2) is 34.9 Å². The Morgan fingerprint density at radius 1 is 0.183 bits per heavy atom. The minimum Gasteiger partial charge on any atom is -0.309 e. The van der Waals surface area contributed by atoms with E-state index in [1.807, 2.05) is 155 Å². The predicted octanol–water partition coefficient (Wildman–Crippen LogP) is 36.3. The minimum atomic E-state index is -0.102. The minimum absolute atomic E-state index is 0.0361. The Morgan fingerprint density at radius 2 is 0.514 bits per heavy atom. The Labute approximate surface area is 840 Å². The van der Waals surface area contributed by atoms with Gasteiger partial charge >= 0.3 is 0 Å². The van der Waals surface area contributed by atoms with Crippen molar-refractivity contribution >= 4 is 116 Å². The Bertz CT molecular complexity index is 9030. The van der Waals surface area contributed by atoms with Crippen molar-refractivity contribution in [2.24, 2.45) is 0 Å². The highest BCUT2D eigenvalue weighted by Gasteiger charge is 2.50. The fourth-order valence-corrected chi connectivity index (χ4v) is 26.1. The number of fused-ring (bicyclic) bond motifs is 23. The topological polar surface area (TPSA) is 82.3 Å². The van der Waals surface area contributed by atoms with Crippen molar-refractivity contribution in [3.8, 4) is 141 Å². The molecule has 6 heterocycles. The molecule has 0 fully saturated rings. The van der Waals surface area contributed by atoms with Gasteiger partial charge < -0.3 is 4.57 Å². The molecule has 0 aliphatic heterocycles. The van der Waals surface area contributed by atoms with Crippen LogP contribution in [0.5, 0.6) is 0 Å². The van der Waals surface area contributed by atoms with Crippen LogP contribution in [0.25, 0.3) is 223 Å². The molecule has 142 heavy (non-hydrogen) atoms. The summed E-state index contributed by atoms with van der Waals surface area (Å²) in [4.78, 5) is 29.6. The molecule has 0 radical (unpaired) electrons. The van der Waals surface area contributed by atoms with Gasteiger partial charge in [-0.15, -0.1) is 34.0 Å². The molecular weight excluding hydrogens is 1780 g/mol. The highest BCUT2D eigenvalue weighted by atomic mass is 32.1. The van der Waals surface area contributed by atoms with E-state index in [9.17, 15) is 0 Å². The van der Waals surface area contributed by atoms with Crippen LogP contribution in [-0.4, -0.2) is 34.5 Å². The molecule has 0 saturated heterocycles. The van der Waals surface area contributed by atoms with E-state index in [-0.39, 0.29) is 32.5 Å². The number of hydrogen-bond acceptors (Lipinski definition) is 9. The second-order valence-electron chi connectivity index (χ2n) is 41.6. The Balaban J connectivity index is 0.000000112. The summed E-state index contributed by atoms with van der Waals surface area (Å²) in [5.74, 6) is 3.99. The van der Waals surface area contributed by atoms with Gasteiger partial charge in [-0.25, -0.2) is 29.9 Å². The lowest BCUT2D eigenvalue weighted by molar-refractivity contribution is 0.299. The summed E-state index contributed by atoms with van der Waals surface area (Å²) in [6.07, 6.45) is 0. The molecule has 18 aromatic carbocycles. The Morgan fingerprint density at radius 3 is 1.05 bits per heavy atom. The van der Waals surface area contributed by atoms with Gasteiger partial charge in [0.2, 0.25) is 0 Å². The van der Waals surface area contributed by atoms with Crippen molar-refractivity contribution in [2.45, 2.75) is 116 Å². The van der Waals surface area contributed by atoms with Gasteiger partial charge in [0.25, 0.3) is 0 Å². The van der Waals surface area contributed by atoms with Crippen LogP contribution in [0.1, 0.15) is 116 Å². The first-order valence-electron chi connectivity index (χ1n) is 49.3. The van der Waals surface area contributed by atoms with E-state index in [0.717, 1.165) is 38.9 Å². The van der Waals surface area contributed by atoms with Crippen molar-refractivity contribution in [2.75, 3.05) is 0 Å². The zero-order valence-electron chi connectivity index (χ0n) is 81.5. The molecule has 0 spiro atoms. The Kier molecular flexibility index (Phi) is 20.8.